The van der Waals surface area contributed by atoms with Gasteiger partial charge in [0.25, 0.3) is 0 Å². The first-order valence-electron chi connectivity index (χ1n) is 9.02. The molecule has 0 radical (unpaired) electrons. The molecule has 1 atom stereocenters. The lowest BCUT2D eigenvalue weighted by Gasteiger charge is -2.10. The van der Waals surface area contributed by atoms with Crippen LogP contribution in [0, 0.1) is 5.82 Å². The maximum absolute atomic E-state index is 13.9. The third-order valence-corrected chi connectivity index (χ3v) is 4.77. The van der Waals surface area contributed by atoms with Crippen molar-refractivity contribution in [3.05, 3.63) is 83.9 Å². The third kappa shape index (κ3) is 4.45. The number of alkyl halides is 3. The summed E-state index contributed by atoms with van der Waals surface area (Å²) >= 11 is 0. The Balaban J connectivity index is 1.49. The molecule has 148 valence electrons. The van der Waals surface area contributed by atoms with Crippen LogP contribution in [0.15, 0.2) is 72.0 Å². The highest BCUT2D eigenvalue weighted by Crippen LogP contribution is 2.33. The number of rotatable bonds is 4. The zero-order valence-corrected chi connectivity index (χ0v) is 15.2. The van der Waals surface area contributed by atoms with E-state index in [0.29, 0.717) is 12.0 Å². The Kier molecular flexibility index (Phi) is 5.05. The van der Waals surface area contributed by atoms with E-state index in [9.17, 15) is 17.6 Å². The monoisotopic (exact) mass is 400 g/mol. The number of aromatic nitrogens is 1. The first kappa shape index (κ1) is 19.1. The lowest BCUT2D eigenvalue weighted by molar-refractivity contribution is -0.274. The largest absolute Gasteiger partial charge is 0.573 e. The van der Waals surface area contributed by atoms with Crippen molar-refractivity contribution in [1.29, 1.82) is 0 Å². The van der Waals surface area contributed by atoms with Gasteiger partial charge < -0.3 is 4.74 Å². The fourth-order valence-corrected chi connectivity index (χ4v) is 3.39. The quantitative estimate of drug-likeness (QED) is 0.495. The van der Waals surface area contributed by atoms with Gasteiger partial charge in [0.2, 0.25) is 0 Å². The molecule has 3 nitrogen and oxygen atoms in total. The van der Waals surface area contributed by atoms with Crippen LogP contribution in [-0.4, -0.2) is 17.1 Å². The zero-order chi connectivity index (χ0) is 20.4. The van der Waals surface area contributed by atoms with Gasteiger partial charge in [-0.25, -0.2) is 4.39 Å². The highest BCUT2D eigenvalue weighted by Gasteiger charge is 2.31. The fraction of sp³-hybridized carbons (Fsp3) is 0.182. The molecule has 7 heteroatoms. The smallest absolute Gasteiger partial charge is 0.406 e. The summed E-state index contributed by atoms with van der Waals surface area (Å²) in [4.78, 5) is 8.42. The first-order valence-corrected chi connectivity index (χ1v) is 9.02. The van der Waals surface area contributed by atoms with E-state index < -0.39 is 6.36 Å². The summed E-state index contributed by atoms with van der Waals surface area (Å²) in [6.45, 7) is 0. The molecule has 1 aliphatic heterocycles. The molecular weight excluding hydrogens is 384 g/mol. The summed E-state index contributed by atoms with van der Waals surface area (Å²) in [5, 5.41) is 0. The van der Waals surface area contributed by atoms with Crippen molar-refractivity contribution in [2.45, 2.75) is 25.2 Å². The molecule has 0 bridgehead atoms. The molecule has 0 amide bonds. The standard InChI is InChI=1S/C22H16F4N2O/c23-19-13-27-12-11-18(19)21-10-9-20(28-21)16-3-1-14(2-4-16)15-5-7-17(8-6-15)29-22(24,25)26/h1-8,11-13,20H,9-10H2. The number of hydrogen-bond acceptors (Lipinski definition) is 3. The second-order valence-corrected chi connectivity index (χ2v) is 6.68. The number of pyridine rings is 1. The number of nitrogens with zero attached hydrogens (tertiary/aromatic N) is 2. The molecule has 0 aliphatic carbocycles. The van der Waals surface area contributed by atoms with Crippen LogP contribution in [-0.2, 0) is 0 Å². The molecule has 2 heterocycles. The minimum atomic E-state index is -4.71. The second kappa shape index (κ2) is 7.66. The highest BCUT2D eigenvalue weighted by molar-refractivity contribution is 6.01. The average molecular weight is 400 g/mol. The predicted molar refractivity (Wildman–Crippen MR) is 101 cm³/mol. The molecule has 0 saturated carbocycles. The Hall–Kier alpha value is -3.22. The number of benzene rings is 2. The van der Waals surface area contributed by atoms with Crippen molar-refractivity contribution in [2.24, 2.45) is 4.99 Å². The molecule has 0 spiro atoms. The molecule has 4 rings (SSSR count). The molecular formula is C22H16F4N2O. The van der Waals surface area contributed by atoms with Crippen molar-refractivity contribution >= 4 is 5.71 Å². The van der Waals surface area contributed by atoms with Gasteiger partial charge in [-0.2, -0.15) is 0 Å². The molecule has 1 aromatic heterocycles. The molecule has 1 aliphatic rings. The van der Waals surface area contributed by atoms with Gasteiger partial charge in [0.1, 0.15) is 5.75 Å². The van der Waals surface area contributed by atoms with E-state index in [1.807, 2.05) is 24.3 Å². The lowest BCUT2D eigenvalue weighted by Crippen LogP contribution is -2.16. The molecule has 2 aromatic carbocycles. The zero-order valence-electron chi connectivity index (χ0n) is 15.2. The summed E-state index contributed by atoms with van der Waals surface area (Å²) in [6, 6.07) is 15.0. The van der Waals surface area contributed by atoms with E-state index in [4.69, 9.17) is 0 Å². The minimum Gasteiger partial charge on any atom is -0.406 e. The van der Waals surface area contributed by atoms with Crippen LogP contribution in [0.3, 0.4) is 0 Å². The van der Waals surface area contributed by atoms with Gasteiger partial charge in [-0.15, -0.1) is 13.2 Å². The molecule has 0 fully saturated rings. The SMILES string of the molecule is Fc1cnccc1C1=NC(c2ccc(-c3ccc(OC(F)(F)F)cc3)cc2)CC1. The van der Waals surface area contributed by atoms with Gasteiger partial charge in [0.05, 0.1) is 12.2 Å². The van der Waals surface area contributed by atoms with E-state index in [2.05, 4.69) is 14.7 Å². The second-order valence-electron chi connectivity index (χ2n) is 6.68. The van der Waals surface area contributed by atoms with Gasteiger partial charge >= 0.3 is 6.36 Å². The maximum atomic E-state index is 13.9. The summed E-state index contributed by atoms with van der Waals surface area (Å²) in [7, 11) is 0. The van der Waals surface area contributed by atoms with E-state index in [-0.39, 0.29) is 17.6 Å². The van der Waals surface area contributed by atoms with E-state index >= 15 is 0 Å². The summed E-state index contributed by atoms with van der Waals surface area (Å²) in [5.41, 5.74) is 3.88. The topological polar surface area (TPSA) is 34.5 Å². The number of halogens is 4. The molecule has 1 unspecified atom stereocenters. The van der Waals surface area contributed by atoms with Crippen LogP contribution >= 0.6 is 0 Å². The van der Waals surface area contributed by atoms with Crippen LogP contribution < -0.4 is 4.74 Å². The minimum absolute atomic E-state index is 0.0471. The summed E-state index contributed by atoms with van der Waals surface area (Å²) in [5.74, 6) is -0.630. The van der Waals surface area contributed by atoms with Crippen molar-refractivity contribution in [3.8, 4) is 16.9 Å². The van der Waals surface area contributed by atoms with E-state index in [0.717, 1.165) is 28.8 Å². The number of aliphatic imine (C=N–C) groups is 1. The van der Waals surface area contributed by atoms with Gasteiger partial charge in [0.15, 0.2) is 5.82 Å². The maximum Gasteiger partial charge on any atom is 0.573 e. The lowest BCUT2D eigenvalue weighted by atomic mass is 9.99. The number of hydrogen-bond donors (Lipinski definition) is 0. The molecule has 29 heavy (non-hydrogen) atoms. The summed E-state index contributed by atoms with van der Waals surface area (Å²) < 4.78 is 54.6. The number of ether oxygens (including phenoxy) is 1. The van der Waals surface area contributed by atoms with E-state index in [1.165, 1.54) is 18.3 Å². The van der Waals surface area contributed by atoms with Crippen LogP contribution in [0.4, 0.5) is 17.6 Å². The average Bonchev–Trinajstić information content (AvgIpc) is 3.18. The van der Waals surface area contributed by atoms with Crippen molar-refractivity contribution < 1.29 is 22.3 Å². The highest BCUT2D eigenvalue weighted by atomic mass is 19.4. The molecule has 3 aromatic rings. The van der Waals surface area contributed by atoms with Gasteiger partial charge in [0, 0.05) is 17.5 Å². The first-order chi connectivity index (χ1) is 13.9. The Morgan fingerprint density at radius 3 is 2.17 bits per heavy atom. The van der Waals surface area contributed by atoms with Crippen LogP contribution in [0.25, 0.3) is 11.1 Å². The molecule has 0 N–H and O–H groups in total. The summed E-state index contributed by atoms with van der Waals surface area (Å²) in [6.07, 6.45) is -0.490. The van der Waals surface area contributed by atoms with Crippen molar-refractivity contribution in [1.82, 2.24) is 4.98 Å². The Labute approximate surface area is 164 Å². The van der Waals surface area contributed by atoms with Gasteiger partial charge in [-0.05, 0) is 47.7 Å². The van der Waals surface area contributed by atoms with Gasteiger partial charge in [-0.3, -0.25) is 9.98 Å². The Morgan fingerprint density at radius 1 is 0.897 bits per heavy atom. The van der Waals surface area contributed by atoms with Crippen molar-refractivity contribution in [3.63, 3.8) is 0 Å². The van der Waals surface area contributed by atoms with Crippen LogP contribution in [0.5, 0.6) is 5.75 Å². The Morgan fingerprint density at radius 2 is 1.55 bits per heavy atom. The van der Waals surface area contributed by atoms with Gasteiger partial charge in [-0.1, -0.05) is 36.4 Å². The molecule has 0 saturated heterocycles. The Bertz CT molecular complexity index is 1030. The normalized spacial score (nSPS) is 16.6. The predicted octanol–water partition coefficient (Wildman–Crippen LogP) is 6.11. The van der Waals surface area contributed by atoms with Crippen LogP contribution in [0.1, 0.15) is 30.0 Å². The van der Waals surface area contributed by atoms with Crippen molar-refractivity contribution in [2.75, 3.05) is 0 Å². The van der Waals surface area contributed by atoms with E-state index in [1.54, 1.807) is 24.4 Å². The fourth-order valence-electron chi connectivity index (χ4n) is 3.39. The van der Waals surface area contributed by atoms with Crippen LogP contribution in [0.2, 0.25) is 0 Å². The third-order valence-electron chi connectivity index (χ3n) is 4.77.